The molecule has 0 aliphatic carbocycles. The quantitative estimate of drug-likeness (QED) is 0.0190. The predicted octanol–water partition coefficient (Wildman–Crippen LogP) is 7.37. The fourth-order valence-corrected chi connectivity index (χ4v) is 12.2. The molecule has 28 heteroatoms. The second-order valence-electron chi connectivity index (χ2n) is 24.3. The molecule has 5 aromatic carbocycles. The van der Waals surface area contributed by atoms with Crippen molar-refractivity contribution in [2.75, 3.05) is 19.6 Å². The molecule has 6 heterocycles. The van der Waals surface area contributed by atoms with Gasteiger partial charge in [0.15, 0.2) is 5.96 Å². The molecular formula is C75H69GdN13O14+2. The molecule has 0 spiro atoms. The minimum absolute atomic E-state index is 0. The Morgan fingerprint density at radius 3 is 1.24 bits per heavy atom. The maximum absolute atomic E-state index is 14.4. The number of benzene rings is 5. The summed E-state index contributed by atoms with van der Waals surface area (Å²) < 4.78 is 0. The van der Waals surface area contributed by atoms with Crippen LogP contribution < -0.4 is 43.0 Å². The minimum atomic E-state index is -1.67. The van der Waals surface area contributed by atoms with Gasteiger partial charge in [0, 0.05) is 69.4 Å². The normalized spacial score (nSPS) is 16.1. The Morgan fingerprint density at radius 2 is 0.825 bits per heavy atom. The van der Waals surface area contributed by atoms with Gasteiger partial charge in [0.05, 0.1) is 52.4 Å². The molecule has 4 atom stereocenters. The van der Waals surface area contributed by atoms with E-state index in [1.807, 2.05) is 48.6 Å². The summed E-state index contributed by atoms with van der Waals surface area (Å²) in [7, 11) is 0. The SMILES string of the molecule is N=C(N)NCCC[C@@H]1NC(=O)[C@H](CCCCNC(=O)c2ccc(-c3c4nc(c(-c5ccc(C(=O)O)cc5)c5ccc([nH]5)c(-c5ccc(C(=O)O)cc5)c5nc(c(-c6ccc(C(=O)O)cc6)c6ccc3[nH]6)C=C5)C=C4)cc2)NC(=O)[C@@H](Cc2ccccc2)NC(=O)[C@H](CC(=O)O)NC(=O)CNC1=O.[Gd+2]. The number of aromatic amines is 2. The second kappa shape index (κ2) is 33.4. The van der Waals surface area contributed by atoms with Crippen molar-refractivity contribution in [2.24, 2.45) is 5.73 Å². The number of unbranched alkanes of at least 4 members (excludes halogenated alkanes) is 1. The van der Waals surface area contributed by atoms with Crippen LogP contribution in [-0.4, -0.2) is 149 Å². The van der Waals surface area contributed by atoms with E-state index in [4.69, 9.17) is 21.1 Å². The number of carbonyl (C=O) groups is 10. The van der Waals surface area contributed by atoms with E-state index >= 15 is 0 Å². The third-order valence-corrected chi connectivity index (χ3v) is 17.3. The number of carbonyl (C=O) groups excluding carboxylic acids is 6. The third-order valence-electron chi connectivity index (χ3n) is 17.3. The number of rotatable bonds is 21. The topological polar surface area (TPSA) is 443 Å². The van der Waals surface area contributed by atoms with E-state index in [0.29, 0.717) is 94.9 Å². The van der Waals surface area contributed by atoms with Gasteiger partial charge in [-0.15, -0.1) is 0 Å². The maximum Gasteiger partial charge on any atom is 2.00 e. The van der Waals surface area contributed by atoms with E-state index in [1.54, 1.807) is 91.0 Å². The van der Waals surface area contributed by atoms with Gasteiger partial charge < -0.3 is 73.3 Å². The van der Waals surface area contributed by atoms with Gasteiger partial charge in [0.25, 0.3) is 5.91 Å². The van der Waals surface area contributed by atoms with Crippen LogP contribution in [0.5, 0.6) is 0 Å². The number of hydrogen-bond donors (Lipinski definition) is 15. The zero-order valence-electron chi connectivity index (χ0n) is 54.8. The molecule has 3 aliphatic heterocycles. The summed E-state index contributed by atoms with van der Waals surface area (Å²) in [5.74, 6) is -9.90. The van der Waals surface area contributed by atoms with Crippen molar-refractivity contribution in [1.29, 1.82) is 5.41 Å². The standard InChI is InChI=1S/C75H69N13O14.Gd/c76-75(77)79-36-6-10-57-68(93)80-39-61(89)85-60(38-62(90)91)71(96)88-59(37-40-7-2-1-3-8-40)70(95)87-58(69(94)86-57)9-4-5-35-78-67(92)45-19-11-41(12-20-45)63-49-27-29-51(81-49)64(42-13-21-46(22-14-42)72(97)98)53-31-33-55(83-53)66(44-17-25-48(26-18-44)74(101)102)56-34-32-54(84-56)65(52-30-28-50(63)82-52)43-15-23-47(24-16-43)73(99)100;/h1-3,7-8,11-34,57-60,81,84H,4-6,9-10,35-39H2,(H,78,92)(H,80,93)(H,85,89)(H,86,94)(H,87,95)(H,88,96)(H,90,91)(H,97,98)(H,99,100)(H,101,102)(H4,76,77,79);/q;+2/t57-,58-,59+,60-;/m0./s1. The molecule has 16 N–H and O–H groups in total. The van der Waals surface area contributed by atoms with Gasteiger partial charge in [-0.3, -0.25) is 39.0 Å². The number of H-pyrrole nitrogens is 2. The second-order valence-corrected chi connectivity index (χ2v) is 24.3. The number of aromatic nitrogens is 4. The first-order chi connectivity index (χ1) is 49.1. The largest absolute Gasteiger partial charge is 2.00 e. The molecule has 103 heavy (non-hydrogen) atoms. The van der Waals surface area contributed by atoms with E-state index in [9.17, 15) is 68.4 Å². The summed E-state index contributed by atoms with van der Waals surface area (Å²) in [6.07, 6.45) is 7.01. The van der Waals surface area contributed by atoms with Crippen molar-refractivity contribution in [2.45, 2.75) is 69.1 Å². The van der Waals surface area contributed by atoms with Crippen LogP contribution >= 0.6 is 0 Å². The Morgan fingerprint density at radius 1 is 0.447 bits per heavy atom. The number of carboxylic acids is 4. The number of nitrogens with two attached hydrogens (primary N) is 1. The number of nitrogens with zero attached hydrogens (tertiary/aromatic N) is 2. The van der Waals surface area contributed by atoms with Crippen LogP contribution in [0.1, 0.15) is 108 Å². The first-order valence-corrected chi connectivity index (χ1v) is 32.5. The van der Waals surface area contributed by atoms with Crippen LogP contribution in [-0.2, 0) is 35.2 Å². The maximum atomic E-state index is 14.4. The molecule has 1 fully saturated rings. The van der Waals surface area contributed by atoms with Crippen molar-refractivity contribution in [3.05, 3.63) is 202 Å². The van der Waals surface area contributed by atoms with E-state index in [1.165, 1.54) is 36.4 Å². The van der Waals surface area contributed by atoms with Crippen LogP contribution in [0.25, 0.3) is 90.9 Å². The molecule has 6 amide bonds. The summed E-state index contributed by atoms with van der Waals surface area (Å²) >= 11 is 0. The fraction of sp³-hybridized carbons (Fsp3) is 0.187. The van der Waals surface area contributed by atoms with Gasteiger partial charge in [0.1, 0.15) is 24.2 Å². The van der Waals surface area contributed by atoms with E-state index in [-0.39, 0.29) is 120 Å². The first-order valence-electron chi connectivity index (χ1n) is 32.5. The van der Waals surface area contributed by atoms with Gasteiger partial charge in [-0.2, -0.15) is 0 Å². The van der Waals surface area contributed by atoms with Crippen molar-refractivity contribution in [3.63, 3.8) is 0 Å². The Balaban J connectivity index is 0.0000114. The van der Waals surface area contributed by atoms with Gasteiger partial charge in [-0.1, -0.05) is 78.9 Å². The average Bonchev–Trinajstić information content (AvgIpc) is 1.63. The molecule has 11 rings (SSSR count). The monoisotopic (exact) mass is 1530 g/mol. The molecular weight excluding hydrogens is 1460 g/mol. The van der Waals surface area contributed by atoms with Crippen LogP contribution in [0.2, 0.25) is 0 Å². The molecule has 1 saturated heterocycles. The van der Waals surface area contributed by atoms with Crippen LogP contribution in [0.3, 0.4) is 0 Å². The van der Waals surface area contributed by atoms with Gasteiger partial charge in [0.2, 0.25) is 29.5 Å². The molecule has 0 saturated carbocycles. The van der Waals surface area contributed by atoms with E-state index < -0.39 is 96.5 Å². The molecule has 0 unspecified atom stereocenters. The first kappa shape index (κ1) is 73.7. The van der Waals surface area contributed by atoms with E-state index in [2.05, 4.69) is 47.2 Å². The van der Waals surface area contributed by atoms with Gasteiger partial charge in [-0.25, -0.2) is 24.4 Å². The molecule has 524 valence electrons. The Kier molecular flexibility index (Phi) is 23.9. The predicted molar refractivity (Wildman–Crippen MR) is 380 cm³/mol. The van der Waals surface area contributed by atoms with Crippen LogP contribution in [0.15, 0.2) is 152 Å². The summed E-state index contributed by atoms with van der Waals surface area (Å²) in [4.78, 5) is 149. The molecule has 27 nitrogen and oxygen atoms in total. The summed E-state index contributed by atoms with van der Waals surface area (Å²) in [6, 6.07) is 36.3. The minimum Gasteiger partial charge on any atom is -0.481 e. The van der Waals surface area contributed by atoms with Crippen molar-refractivity contribution < 1.29 is 108 Å². The van der Waals surface area contributed by atoms with Crippen molar-refractivity contribution in [3.8, 4) is 44.5 Å². The third kappa shape index (κ3) is 18.1. The molecule has 3 aliphatic rings. The summed E-state index contributed by atoms with van der Waals surface area (Å²) in [5, 5.41) is 65.1. The summed E-state index contributed by atoms with van der Waals surface area (Å²) in [5.41, 5.74) is 15.8. The number of aromatic carboxylic acids is 3. The molecule has 8 bridgehead atoms. The number of aliphatic carboxylic acids is 1. The van der Waals surface area contributed by atoms with Crippen molar-refractivity contribution in [1.82, 2.24) is 57.2 Å². The molecule has 0 radical (unpaired) electrons. The number of carboxylic acid groups (broad SMARTS) is 4. The average molecular weight is 1530 g/mol. The number of nitrogens with one attached hydrogen (secondary N) is 10. The van der Waals surface area contributed by atoms with Gasteiger partial charge in [-0.05, 0) is 157 Å². The van der Waals surface area contributed by atoms with Crippen LogP contribution in [0.4, 0.5) is 0 Å². The fourth-order valence-electron chi connectivity index (χ4n) is 12.2. The number of hydrogen-bond acceptors (Lipinski definition) is 13. The Labute approximate surface area is 619 Å². The Bertz CT molecular complexity index is 4830. The summed E-state index contributed by atoms with van der Waals surface area (Å²) in [6.45, 7) is -0.475. The number of fused-ring (bicyclic) bond motifs is 8. The van der Waals surface area contributed by atoms with Crippen LogP contribution in [0, 0.1) is 45.3 Å². The van der Waals surface area contributed by atoms with E-state index in [0.717, 1.165) is 0 Å². The molecule has 8 aromatic rings. The zero-order chi connectivity index (χ0) is 72.1. The van der Waals surface area contributed by atoms with Crippen molar-refractivity contribution >= 4 is 112 Å². The Hall–Kier alpha value is -12.0. The van der Waals surface area contributed by atoms with Gasteiger partial charge >= 0.3 is 63.8 Å². The smallest absolute Gasteiger partial charge is 0.481 e. The zero-order valence-corrected chi connectivity index (χ0v) is 57.1. The number of amides is 6. The number of guanidine groups is 1. The molecule has 3 aromatic heterocycles.